The minimum Gasteiger partial charge on any atom is -0.841 e. The molecule has 0 aromatic heterocycles. The minimum absolute atomic E-state index is 0. The third-order valence-electron chi connectivity index (χ3n) is 1.57. The van der Waals surface area contributed by atoms with Gasteiger partial charge in [-0.25, -0.2) is 0 Å². The van der Waals surface area contributed by atoms with Gasteiger partial charge in [0.1, 0.15) is 0 Å². The molecule has 0 radical (unpaired) electrons. The zero-order valence-electron chi connectivity index (χ0n) is 7.55. The van der Waals surface area contributed by atoms with Crippen molar-refractivity contribution in [2.75, 3.05) is 13.1 Å². The van der Waals surface area contributed by atoms with Crippen LogP contribution in [-0.2, 0) is 0 Å². The molecule has 1 atom stereocenters. The quantitative estimate of drug-likeness (QED) is 0.341. The molecule has 10 heavy (non-hydrogen) atoms. The average Bonchev–Trinajstić information content (AvgIpc) is 1.90. The van der Waals surface area contributed by atoms with Crippen molar-refractivity contribution in [3.63, 3.8) is 0 Å². The van der Waals surface area contributed by atoms with Crippen LogP contribution in [-0.4, -0.2) is 24.2 Å². The van der Waals surface area contributed by atoms with Crippen molar-refractivity contribution in [1.82, 2.24) is 4.90 Å². The van der Waals surface area contributed by atoms with Crippen LogP contribution >= 0.6 is 0 Å². The molecule has 0 amide bonds. The maximum Gasteiger partial charge on any atom is 1.00 e. The number of nitrogens with zero attached hydrogens (tertiary/aromatic N) is 1. The van der Waals surface area contributed by atoms with Gasteiger partial charge in [0.2, 0.25) is 0 Å². The Hall–Kier alpha value is 1.56. The first-order valence-electron chi connectivity index (χ1n) is 3.66. The molecular formula is C7H16KNO. The van der Waals surface area contributed by atoms with Gasteiger partial charge in [0.05, 0.1) is 0 Å². The molecule has 0 aliphatic carbocycles. The zero-order valence-corrected chi connectivity index (χ0v) is 10.7. The molecule has 0 saturated heterocycles. The second kappa shape index (κ2) is 8.65. The van der Waals surface area contributed by atoms with E-state index in [9.17, 15) is 5.11 Å². The largest absolute Gasteiger partial charge is 1.00 e. The molecule has 0 fully saturated rings. The summed E-state index contributed by atoms with van der Waals surface area (Å²) in [6, 6.07) is 0. The first-order valence-corrected chi connectivity index (χ1v) is 3.66. The molecule has 0 saturated carbocycles. The van der Waals surface area contributed by atoms with E-state index >= 15 is 0 Å². The minimum atomic E-state index is -0.486. The fraction of sp³-hybridized carbons (Fsp3) is 1.00. The Morgan fingerprint density at radius 1 is 1.20 bits per heavy atom. The number of rotatable bonds is 4. The summed E-state index contributed by atoms with van der Waals surface area (Å²) in [6.07, 6.45) is 0.224. The monoisotopic (exact) mass is 169 g/mol. The van der Waals surface area contributed by atoms with Gasteiger partial charge in [0, 0.05) is 0 Å². The van der Waals surface area contributed by atoms with Gasteiger partial charge in [-0.3, -0.25) is 0 Å². The fourth-order valence-electron chi connectivity index (χ4n) is 0.889. The van der Waals surface area contributed by atoms with Crippen LogP contribution in [0.4, 0.5) is 0 Å². The summed E-state index contributed by atoms with van der Waals surface area (Å²) in [7, 11) is 0. The normalized spacial score (nSPS) is 12.9. The predicted molar refractivity (Wildman–Crippen MR) is 37.0 cm³/mol. The van der Waals surface area contributed by atoms with Gasteiger partial charge in [0.15, 0.2) is 0 Å². The molecule has 0 aromatic carbocycles. The third kappa shape index (κ3) is 5.24. The molecule has 56 valence electrons. The van der Waals surface area contributed by atoms with Gasteiger partial charge >= 0.3 is 51.4 Å². The Balaban J connectivity index is 0. The van der Waals surface area contributed by atoms with Gasteiger partial charge in [-0.05, 0) is 13.1 Å². The van der Waals surface area contributed by atoms with Crippen LogP contribution in [0.25, 0.3) is 0 Å². The van der Waals surface area contributed by atoms with Gasteiger partial charge < -0.3 is 10.0 Å². The van der Waals surface area contributed by atoms with Crippen molar-refractivity contribution >= 4 is 0 Å². The van der Waals surface area contributed by atoms with E-state index < -0.39 is 6.23 Å². The smallest absolute Gasteiger partial charge is 0.841 e. The molecule has 0 heterocycles. The van der Waals surface area contributed by atoms with Crippen LogP contribution in [0, 0.1) is 0 Å². The van der Waals surface area contributed by atoms with Gasteiger partial charge in [0.25, 0.3) is 0 Å². The van der Waals surface area contributed by atoms with Gasteiger partial charge in [-0.1, -0.05) is 33.4 Å². The van der Waals surface area contributed by atoms with E-state index in [-0.39, 0.29) is 51.4 Å². The molecule has 0 aromatic rings. The Morgan fingerprint density at radius 3 is 1.70 bits per heavy atom. The third-order valence-corrected chi connectivity index (χ3v) is 1.57. The number of hydrogen-bond acceptors (Lipinski definition) is 2. The number of hydrogen-bond donors (Lipinski definition) is 0. The van der Waals surface area contributed by atoms with Crippen LogP contribution in [0.15, 0.2) is 0 Å². The Morgan fingerprint density at radius 2 is 1.60 bits per heavy atom. The molecule has 1 unspecified atom stereocenters. The average molecular weight is 169 g/mol. The molecule has 0 N–H and O–H groups in total. The molecule has 0 aliphatic heterocycles. The summed E-state index contributed by atoms with van der Waals surface area (Å²) >= 11 is 0. The van der Waals surface area contributed by atoms with Crippen LogP contribution in [0.1, 0.15) is 27.2 Å². The molecular weight excluding hydrogens is 153 g/mol. The fourth-order valence-corrected chi connectivity index (χ4v) is 0.889. The van der Waals surface area contributed by atoms with Crippen molar-refractivity contribution in [2.45, 2.75) is 33.4 Å². The summed E-state index contributed by atoms with van der Waals surface area (Å²) < 4.78 is 0. The standard InChI is InChI=1S/C7H16NO.K/c1-4-7(9)8(5-2)6-3;/h7H,4-6H2,1-3H3;/q-1;+1. The topological polar surface area (TPSA) is 26.3 Å². The first-order chi connectivity index (χ1) is 4.26. The van der Waals surface area contributed by atoms with Gasteiger partial charge in [-0.2, -0.15) is 0 Å². The first kappa shape index (κ1) is 14.1. The molecule has 3 heteroatoms. The molecule has 0 rings (SSSR count). The Kier molecular flexibility index (Phi) is 12.2. The second-order valence-electron chi connectivity index (χ2n) is 2.08. The van der Waals surface area contributed by atoms with Crippen molar-refractivity contribution in [3.8, 4) is 0 Å². The van der Waals surface area contributed by atoms with Gasteiger partial charge in [-0.15, -0.1) is 0 Å². The van der Waals surface area contributed by atoms with Crippen molar-refractivity contribution in [3.05, 3.63) is 0 Å². The Bertz CT molecular complexity index is 66.6. The predicted octanol–water partition coefficient (Wildman–Crippen LogP) is -2.57. The van der Waals surface area contributed by atoms with Crippen molar-refractivity contribution in [2.24, 2.45) is 0 Å². The summed E-state index contributed by atoms with van der Waals surface area (Å²) in [5, 5.41) is 11.0. The summed E-state index contributed by atoms with van der Waals surface area (Å²) in [4.78, 5) is 1.92. The Labute approximate surface area is 106 Å². The van der Waals surface area contributed by atoms with E-state index in [1.165, 1.54) is 0 Å². The summed E-state index contributed by atoms with van der Waals surface area (Å²) in [5.74, 6) is 0. The van der Waals surface area contributed by atoms with E-state index in [0.29, 0.717) is 6.42 Å². The summed E-state index contributed by atoms with van der Waals surface area (Å²) in [5.41, 5.74) is 0. The zero-order chi connectivity index (χ0) is 7.28. The van der Waals surface area contributed by atoms with E-state index in [2.05, 4.69) is 0 Å². The maximum absolute atomic E-state index is 11.0. The van der Waals surface area contributed by atoms with Crippen molar-refractivity contribution < 1.29 is 56.5 Å². The van der Waals surface area contributed by atoms with Crippen LogP contribution < -0.4 is 56.5 Å². The van der Waals surface area contributed by atoms with Crippen LogP contribution in [0.3, 0.4) is 0 Å². The maximum atomic E-state index is 11.0. The molecule has 0 bridgehead atoms. The van der Waals surface area contributed by atoms with E-state index in [0.717, 1.165) is 13.1 Å². The molecule has 0 spiro atoms. The van der Waals surface area contributed by atoms with Crippen molar-refractivity contribution in [1.29, 1.82) is 0 Å². The summed E-state index contributed by atoms with van der Waals surface area (Å²) in [6.45, 7) is 7.71. The van der Waals surface area contributed by atoms with E-state index in [1.807, 2.05) is 25.7 Å². The van der Waals surface area contributed by atoms with Crippen LogP contribution in [0.2, 0.25) is 0 Å². The van der Waals surface area contributed by atoms with E-state index in [4.69, 9.17) is 0 Å². The molecule has 0 aliphatic rings. The van der Waals surface area contributed by atoms with Crippen LogP contribution in [0.5, 0.6) is 0 Å². The second-order valence-corrected chi connectivity index (χ2v) is 2.08. The van der Waals surface area contributed by atoms with E-state index in [1.54, 1.807) is 0 Å². The SMILES string of the molecule is CCC([O-])N(CC)CC.[K+]. The molecule has 2 nitrogen and oxygen atoms in total.